The van der Waals surface area contributed by atoms with Crippen LogP contribution in [-0.4, -0.2) is 24.8 Å². The van der Waals surface area contributed by atoms with Gasteiger partial charge in [0.2, 0.25) is 5.91 Å². The quantitative estimate of drug-likeness (QED) is 0.105. The van der Waals surface area contributed by atoms with E-state index in [-0.39, 0.29) is 11.6 Å². The van der Waals surface area contributed by atoms with Gasteiger partial charge >= 0.3 is 0 Å². The summed E-state index contributed by atoms with van der Waals surface area (Å²) in [7, 11) is 1.56. The van der Waals surface area contributed by atoms with Gasteiger partial charge in [0.15, 0.2) is 0 Å². The Hall–Kier alpha value is -5.60. The van der Waals surface area contributed by atoms with Gasteiger partial charge < -0.3 is 20.7 Å². The van der Waals surface area contributed by atoms with Gasteiger partial charge in [0.25, 0.3) is 11.8 Å². The normalized spacial score (nSPS) is 11.6. The first-order valence-corrected chi connectivity index (χ1v) is 15.1. The number of hydrogen-bond acceptors (Lipinski definition) is 5. The fourth-order valence-corrected chi connectivity index (χ4v) is 5.48. The van der Waals surface area contributed by atoms with Crippen LogP contribution >= 0.6 is 11.8 Å². The molecule has 0 saturated heterocycles. The maximum Gasteiger partial charge on any atom is 0.272 e. The Morgan fingerprint density at radius 1 is 0.689 bits per heavy atom. The maximum atomic E-state index is 13.5. The predicted octanol–water partition coefficient (Wildman–Crippen LogP) is 7.58. The lowest BCUT2D eigenvalue weighted by Gasteiger charge is -2.18. The summed E-state index contributed by atoms with van der Waals surface area (Å²) in [6.45, 7) is 0. The molecule has 0 heterocycles. The molecule has 8 heteroatoms. The minimum Gasteiger partial charge on any atom is -0.495 e. The van der Waals surface area contributed by atoms with Gasteiger partial charge in [-0.2, -0.15) is 0 Å². The maximum absolute atomic E-state index is 13.5. The Labute approximate surface area is 266 Å². The van der Waals surface area contributed by atoms with Crippen LogP contribution in [0.4, 0.5) is 11.4 Å². The van der Waals surface area contributed by atoms with Crippen molar-refractivity contribution in [3.63, 3.8) is 0 Å². The van der Waals surface area contributed by atoms with Crippen molar-refractivity contribution in [1.82, 2.24) is 5.32 Å². The third kappa shape index (κ3) is 8.49. The molecule has 0 radical (unpaired) electrons. The van der Waals surface area contributed by atoms with E-state index >= 15 is 0 Å². The molecule has 5 aromatic rings. The van der Waals surface area contributed by atoms with Crippen molar-refractivity contribution in [2.45, 2.75) is 10.1 Å². The summed E-state index contributed by atoms with van der Waals surface area (Å²) in [5, 5.41) is 8.07. The van der Waals surface area contributed by atoms with Crippen LogP contribution in [0.5, 0.6) is 5.75 Å². The number of carbonyl (C=O) groups excluding carboxylic acids is 3. The largest absolute Gasteiger partial charge is 0.495 e. The average Bonchev–Trinajstić information content (AvgIpc) is 3.09. The van der Waals surface area contributed by atoms with Crippen molar-refractivity contribution in [2.75, 3.05) is 17.7 Å². The lowest BCUT2D eigenvalue weighted by Crippen LogP contribution is -2.30. The van der Waals surface area contributed by atoms with Gasteiger partial charge in [0, 0.05) is 16.1 Å². The van der Waals surface area contributed by atoms with Gasteiger partial charge in [0.1, 0.15) is 16.7 Å². The molecular weight excluding hydrogens is 582 g/mol. The second kappa shape index (κ2) is 15.2. The standard InChI is InChI=1S/C37H31N3O4S/c1-44-33-20-12-11-19-31(33)39-37(43)34(27-15-7-3-8-16-27)45-30-23-21-29(22-24-30)38-36(42)32(25-26-13-5-2-6-14-26)40-35(41)28-17-9-4-10-18-28/h2-25,34H,1H3,(H,38,42)(H,39,43)(H,40,41)/b32-25-. The Morgan fingerprint density at radius 2 is 1.29 bits per heavy atom. The number of hydrogen-bond donors (Lipinski definition) is 3. The molecule has 0 saturated carbocycles. The highest BCUT2D eigenvalue weighted by Crippen LogP contribution is 2.37. The number of amides is 3. The van der Waals surface area contributed by atoms with Gasteiger partial charge in [-0.15, -0.1) is 11.8 Å². The fraction of sp³-hybridized carbons (Fsp3) is 0.0541. The van der Waals surface area contributed by atoms with E-state index in [1.165, 1.54) is 11.8 Å². The van der Waals surface area contributed by atoms with Crippen LogP contribution < -0.4 is 20.7 Å². The van der Waals surface area contributed by atoms with Crippen molar-refractivity contribution in [3.05, 3.63) is 162 Å². The summed E-state index contributed by atoms with van der Waals surface area (Å²) in [4.78, 5) is 40.6. The van der Waals surface area contributed by atoms with Crippen molar-refractivity contribution in [3.8, 4) is 5.75 Å². The monoisotopic (exact) mass is 613 g/mol. The smallest absolute Gasteiger partial charge is 0.272 e. The van der Waals surface area contributed by atoms with Crippen LogP contribution in [0.3, 0.4) is 0 Å². The summed E-state index contributed by atoms with van der Waals surface area (Å²) in [5.41, 5.74) is 3.27. The van der Waals surface area contributed by atoms with Crippen molar-refractivity contribution < 1.29 is 19.1 Å². The van der Waals surface area contributed by atoms with E-state index in [1.54, 1.807) is 61.7 Å². The zero-order valence-electron chi connectivity index (χ0n) is 24.5. The molecule has 0 aromatic heterocycles. The molecule has 0 spiro atoms. The molecule has 0 aliphatic heterocycles. The number of para-hydroxylation sites is 2. The molecule has 45 heavy (non-hydrogen) atoms. The summed E-state index contributed by atoms with van der Waals surface area (Å²) in [6.07, 6.45) is 1.63. The number of rotatable bonds is 11. The minimum absolute atomic E-state index is 0.102. The van der Waals surface area contributed by atoms with Crippen LogP contribution in [0.25, 0.3) is 6.08 Å². The van der Waals surface area contributed by atoms with Crippen LogP contribution in [-0.2, 0) is 9.59 Å². The molecule has 5 aromatic carbocycles. The van der Waals surface area contributed by atoms with E-state index in [9.17, 15) is 14.4 Å². The molecule has 0 aliphatic carbocycles. The summed E-state index contributed by atoms with van der Waals surface area (Å²) in [5.74, 6) is -0.485. The zero-order chi connectivity index (χ0) is 31.4. The second-order valence-corrected chi connectivity index (χ2v) is 11.0. The summed E-state index contributed by atoms with van der Waals surface area (Å²) in [6, 6.07) is 42.0. The topological polar surface area (TPSA) is 96.5 Å². The van der Waals surface area contributed by atoms with E-state index in [4.69, 9.17) is 4.74 Å². The zero-order valence-corrected chi connectivity index (χ0v) is 25.3. The molecule has 5 rings (SSSR count). The Balaban J connectivity index is 1.32. The third-order valence-electron chi connectivity index (χ3n) is 6.71. The molecule has 1 atom stereocenters. The highest BCUT2D eigenvalue weighted by Gasteiger charge is 2.23. The van der Waals surface area contributed by atoms with Gasteiger partial charge in [-0.1, -0.05) is 91.0 Å². The summed E-state index contributed by atoms with van der Waals surface area (Å²) < 4.78 is 5.41. The molecule has 3 N–H and O–H groups in total. The van der Waals surface area contributed by atoms with E-state index in [0.717, 1.165) is 16.0 Å². The molecule has 7 nitrogen and oxygen atoms in total. The molecular formula is C37H31N3O4S. The Kier molecular flexibility index (Phi) is 10.4. The number of methoxy groups -OCH3 is 1. The fourth-order valence-electron chi connectivity index (χ4n) is 4.46. The number of ether oxygens (including phenoxy) is 1. The number of thioether (sulfide) groups is 1. The molecule has 0 fully saturated rings. The van der Waals surface area contributed by atoms with Crippen LogP contribution in [0.15, 0.2) is 150 Å². The molecule has 1 unspecified atom stereocenters. The first-order chi connectivity index (χ1) is 22.0. The van der Waals surface area contributed by atoms with Crippen LogP contribution in [0, 0.1) is 0 Å². The van der Waals surface area contributed by atoms with E-state index in [0.29, 0.717) is 22.7 Å². The van der Waals surface area contributed by atoms with Gasteiger partial charge in [-0.3, -0.25) is 14.4 Å². The Morgan fingerprint density at radius 3 is 1.96 bits per heavy atom. The molecule has 224 valence electrons. The number of anilines is 2. The Bertz CT molecular complexity index is 1780. The van der Waals surface area contributed by atoms with Gasteiger partial charge in [-0.05, 0) is 65.7 Å². The van der Waals surface area contributed by atoms with Gasteiger partial charge in [-0.25, -0.2) is 0 Å². The molecule has 0 bridgehead atoms. The van der Waals surface area contributed by atoms with E-state index in [2.05, 4.69) is 16.0 Å². The molecule has 0 aliphatic rings. The third-order valence-corrected chi connectivity index (χ3v) is 7.98. The van der Waals surface area contributed by atoms with E-state index < -0.39 is 17.1 Å². The lowest BCUT2D eigenvalue weighted by molar-refractivity contribution is -0.116. The number of nitrogens with one attached hydrogen (secondary N) is 3. The summed E-state index contributed by atoms with van der Waals surface area (Å²) >= 11 is 1.39. The minimum atomic E-state index is -0.551. The number of benzene rings is 5. The predicted molar refractivity (Wildman–Crippen MR) is 180 cm³/mol. The molecule has 3 amide bonds. The van der Waals surface area contributed by atoms with Crippen molar-refractivity contribution in [1.29, 1.82) is 0 Å². The SMILES string of the molecule is COc1ccccc1NC(=O)C(Sc1ccc(NC(=O)/C(=C/c2ccccc2)NC(=O)c2ccccc2)cc1)c1ccccc1. The van der Waals surface area contributed by atoms with Gasteiger partial charge in [0.05, 0.1) is 12.8 Å². The first kappa shape index (κ1) is 30.8. The second-order valence-electron chi connectivity index (χ2n) is 9.87. The first-order valence-electron chi connectivity index (χ1n) is 14.2. The highest BCUT2D eigenvalue weighted by molar-refractivity contribution is 8.00. The average molecular weight is 614 g/mol. The van der Waals surface area contributed by atoms with Crippen molar-refractivity contribution in [2.24, 2.45) is 0 Å². The lowest BCUT2D eigenvalue weighted by atomic mass is 10.1. The van der Waals surface area contributed by atoms with E-state index in [1.807, 2.05) is 91.0 Å². The van der Waals surface area contributed by atoms with Crippen LogP contribution in [0.1, 0.15) is 26.7 Å². The number of carbonyl (C=O) groups is 3. The highest BCUT2D eigenvalue weighted by atomic mass is 32.2. The van der Waals surface area contributed by atoms with Crippen molar-refractivity contribution >= 4 is 46.9 Å². The van der Waals surface area contributed by atoms with Crippen LogP contribution in [0.2, 0.25) is 0 Å².